The van der Waals surface area contributed by atoms with Crippen molar-refractivity contribution in [3.05, 3.63) is 65.7 Å². The number of carbonyl (C=O) groups is 3. The molecule has 2 aromatic carbocycles. The van der Waals surface area contributed by atoms with Crippen molar-refractivity contribution in [3.63, 3.8) is 0 Å². The van der Waals surface area contributed by atoms with Crippen LogP contribution >= 0.6 is 0 Å². The Morgan fingerprint density at radius 2 is 1.56 bits per heavy atom. The summed E-state index contributed by atoms with van der Waals surface area (Å²) in [4.78, 5) is 36.2. The summed E-state index contributed by atoms with van der Waals surface area (Å²) in [6, 6.07) is 14.1. The van der Waals surface area contributed by atoms with Gasteiger partial charge >= 0.3 is 5.97 Å². The van der Waals surface area contributed by atoms with Crippen LogP contribution in [0.3, 0.4) is 0 Å². The van der Waals surface area contributed by atoms with E-state index in [1.165, 1.54) is 28.6 Å². The van der Waals surface area contributed by atoms with Crippen LogP contribution < -0.4 is 10.9 Å². The van der Waals surface area contributed by atoms with Gasteiger partial charge in [-0.1, -0.05) is 18.2 Å². The molecule has 1 aliphatic rings. The first kappa shape index (κ1) is 23.4. The van der Waals surface area contributed by atoms with Gasteiger partial charge in [0.05, 0.1) is 17.1 Å². The van der Waals surface area contributed by atoms with Crippen LogP contribution in [0.4, 0.5) is 0 Å². The van der Waals surface area contributed by atoms with Gasteiger partial charge in [0.1, 0.15) is 0 Å². The number of rotatable bonds is 6. The van der Waals surface area contributed by atoms with Gasteiger partial charge in [-0.2, -0.15) is 4.31 Å². The minimum Gasteiger partial charge on any atom is -0.462 e. The summed E-state index contributed by atoms with van der Waals surface area (Å²) in [5, 5.41) is 0. The molecule has 1 saturated heterocycles. The van der Waals surface area contributed by atoms with E-state index < -0.39 is 27.8 Å². The second-order valence-electron chi connectivity index (χ2n) is 7.23. The number of esters is 1. The number of piperidine rings is 1. The molecule has 0 radical (unpaired) electrons. The molecule has 2 N–H and O–H groups in total. The van der Waals surface area contributed by atoms with Gasteiger partial charge in [0.25, 0.3) is 5.91 Å². The van der Waals surface area contributed by atoms with Gasteiger partial charge in [-0.15, -0.1) is 0 Å². The van der Waals surface area contributed by atoms with Crippen LogP contribution in [-0.2, 0) is 19.6 Å². The number of ether oxygens (including phenoxy) is 1. The Morgan fingerprint density at radius 1 is 0.938 bits per heavy atom. The highest BCUT2D eigenvalue weighted by molar-refractivity contribution is 7.89. The van der Waals surface area contributed by atoms with Crippen LogP contribution in [0, 0.1) is 5.92 Å². The Morgan fingerprint density at radius 3 is 2.16 bits per heavy atom. The molecule has 170 valence electrons. The summed E-state index contributed by atoms with van der Waals surface area (Å²) >= 11 is 0. The van der Waals surface area contributed by atoms with Crippen LogP contribution in [0.25, 0.3) is 0 Å². The molecule has 0 spiro atoms. The molecule has 0 aliphatic carbocycles. The lowest BCUT2D eigenvalue weighted by Gasteiger charge is -2.30. The molecule has 0 unspecified atom stereocenters. The summed E-state index contributed by atoms with van der Waals surface area (Å²) in [7, 11) is -3.75. The third-order valence-corrected chi connectivity index (χ3v) is 7.08. The number of carbonyl (C=O) groups excluding carboxylic acids is 3. The molecular weight excluding hydrogens is 434 g/mol. The maximum absolute atomic E-state index is 12.9. The van der Waals surface area contributed by atoms with E-state index in [1.807, 2.05) is 0 Å². The Bertz CT molecular complexity index is 1060. The molecule has 1 aliphatic heterocycles. The van der Waals surface area contributed by atoms with E-state index in [-0.39, 0.29) is 36.1 Å². The Hall–Kier alpha value is -3.24. The molecular formula is C22H25N3O6S. The van der Waals surface area contributed by atoms with E-state index in [2.05, 4.69) is 10.9 Å². The highest BCUT2D eigenvalue weighted by Crippen LogP contribution is 2.24. The molecule has 2 aromatic rings. The number of benzene rings is 2. The van der Waals surface area contributed by atoms with Gasteiger partial charge in [-0.25, -0.2) is 13.2 Å². The van der Waals surface area contributed by atoms with Gasteiger partial charge in [0.15, 0.2) is 0 Å². The lowest BCUT2D eigenvalue weighted by atomic mass is 9.98. The number of hydrogen-bond donors (Lipinski definition) is 2. The highest BCUT2D eigenvalue weighted by atomic mass is 32.2. The normalized spacial score (nSPS) is 15.0. The molecule has 3 rings (SSSR count). The third kappa shape index (κ3) is 5.51. The monoisotopic (exact) mass is 459 g/mol. The molecule has 2 amide bonds. The zero-order valence-corrected chi connectivity index (χ0v) is 18.4. The Balaban J connectivity index is 1.53. The van der Waals surface area contributed by atoms with Crippen LogP contribution in [0.5, 0.6) is 0 Å². The smallest absolute Gasteiger partial charge is 0.338 e. The zero-order chi connectivity index (χ0) is 23.1. The molecule has 0 aromatic heterocycles. The molecule has 0 saturated carbocycles. The summed E-state index contributed by atoms with van der Waals surface area (Å²) in [5.41, 5.74) is 5.49. The van der Waals surface area contributed by atoms with Crippen molar-refractivity contribution >= 4 is 27.8 Å². The minimum absolute atomic E-state index is 0.0728. The minimum atomic E-state index is -3.75. The number of nitrogens with one attached hydrogen (secondary N) is 2. The molecule has 32 heavy (non-hydrogen) atoms. The number of amides is 2. The van der Waals surface area contributed by atoms with Crippen LogP contribution in [0.1, 0.15) is 40.5 Å². The van der Waals surface area contributed by atoms with E-state index >= 15 is 0 Å². The maximum atomic E-state index is 12.9. The standard InChI is InChI=1S/C22H25N3O6S/c1-2-31-22(28)18-8-10-19(11-9-18)32(29,30)25-14-12-17(13-15-25)21(27)24-23-20(26)16-6-4-3-5-7-16/h3-11,17H,2,12-15H2,1H3,(H,23,26)(H,24,27). The van der Waals surface area contributed by atoms with Crippen molar-refractivity contribution in [2.75, 3.05) is 19.7 Å². The van der Waals surface area contributed by atoms with Gasteiger partial charge in [-0.05, 0) is 56.2 Å². The first-order valence-corrected chi connectivity index (χ1v) is 11.7. The van der Waals surface area contributed by atoms with Gasteiger partial charge in [0, 0.05) is 24.6 Å². The molecule has 1 fully saturated rings. The summed E-state index contributed by atoms with van der Waals surface area (Å²) in [6.45, 7) is 2.27. The van der Waals surface area contributed by atoms with E-state index in [4.69, 9.17) is 4.74 Å². The van der Waals surface area contributed by atoms with Gasteiger partial charge in [0.2, 0.25) is 15.9 Å². The molecule has 0 atom stereocenters. The first-order valence-electron chi connectivity index (χ1n) is 10.3. The number of sulfonamides is 1. The van der Waals surface area contributed by atoms with Crippen LogP contribution in [-0.4, -0.2) is 50.2 Å². The molecule has 10 heteroatoms. The predicted molar refractivity (Wildman–Crippen MR) is 116 cm³/mol. The fourth-order valence-corrected chi connectivity index (χ4v) is 4.84. The van der Waals surface area contributed by atoms with Gasteiger partial charge < -0.3 is 4.74 Å². The van der Waals surface area contributed by atoms with Crippen LogP contribution in [0.15, 0.2) is 59.5 Å². The molecule has 0 bridgehead atoms. The van der Waals surface area contributed by atoms with Gasteiger partial charge in [-0.3, -0.25) is 20.4 Å². The fraction of sp³-hybridized carbons (Fsp3) is 0.318. The quantitative estimate of drug-likeness (QED) is 0.501. The maximum Gasteiger partial charge on any atom is 0.338 e. The lowest BCUT2D eigenvalue weighted by molar-refractivity contribution is -0.126. The zero-order valence-electron chi connectivity index (χ0n) is 17.6. The largest absolute Gasteiger partial charge is 0.462 e. The average molecular weight is 460 g/mol. The highest BCUT2D eigenvalue weighted by Gasteiger charge is 2.32. The number of hydrogen-bond acceptors (Lipinski definition) is 6. The van der Waals surface area contributed by atoms with Crippen molar-refractivity contribution in [3.8, 4) is 0 Å². The molecule has 1 heterocycles. The van der Waals surface area contributed by atoms with Crippen LogP contribution in [0.2, 0.25) is 0 Å². The second kappa shape index (κ2) is 10.4. The van der Waals surface area contributed by atoms with E-state index in [9.17, 15) is 22.8 Å². The Labute approximate surface area is 186 Å². The first-order chi connectivity index (χ1) is 15.3. The SMILES string of the molecule is CCOC(=O)c1ccc(S(=O)(=O)N2CCC(C(=O)NNC(=O)c3ccccc3)CC2)cc1. The average Bonchev–Trinajstić information content (AvgIpc) is 2.83. The Kier molecular flexibility index (Phi) is 7.60. The number of hydrazine groups is 1. The lowest BCUT2D eigenvalue weighted by Crippen LogP contribution is -2.48. The summed E-state index contributed by atoms with van der Waals surface area (Å²) < 4.78 is 32.0. The fourth-order valence-electron chi connectivity index (χ4n) is 3.37. The van der Waals surface area contributed by atoms with Crippen molar-refractivity contribution in [2.24, 2.45) is 5.92 Å². The van der Waals surface area contributed by atoms with E-state index in [0.717, 1.165) is 0 Å². The summed E-state index contributed by atoms with van der Waals surface area (Å²) in [5.74, 6) is -1.71. The topological polar surface area (TPSA) is 122 Å². The van der Waals surface area contributed by atoms with E-state index in [0.29, 0.717) is 18.4 Å². The van der Waals surface area contributed by atoms with Crippen molar-refractivity contribution in [1.82, 2.24) is 15.2 Å². The predicted octanol–water partition coefficient (Wildman–Crippen LogP) is 1.73. The second-order valence-corrected chi connectivity index (χ2v) is 9.17. The third-order valence-electron chi connectivity index (χ3n) is 5.16. The van der Waals surface area contributed by atoms with Crippen molar-refractivity contribution < 1.29 is 27.5 Å². The van der Waals surface area contributed by atoms with Crippen molar-refractivity contribution in [2.45, 2.75) is 24.7 Å². The van der Waals surface area contributed by atoms with E-state index in [1.54, 1.807) is 37.3 Å². The summed E-state index contributed by atoms with van der Waals surface area (Å²) in [6.07, 6.45) is 0.653. The number of nitrogens with zero attached hydrogens (tertiary/aromatic N) is 1. The molecule has 9 nitrogen and oxygen atoms in total. The van der Waals surface area contributed by atoms with Crippen molar-refractivity contribution in [1.29, 1.82) is 0 Å².